The van der Waals surface area contributed by atoms with Gasteiger partial charge in [0.1, 0.15) is 10.4 Å². The maximum absolute atomic E-state index is 12.7. The summed E-state index contributed by atoms with van der Waals surface area (Å²) in [5, 5.41) is 0. The number of carbonyl (C=O) groups excluding carboxylic acids is 2. The molecule has 0 unspecified atom stereocenters. The molecule has 4 nitrogen and oxygen atoms in total. The van der Waals surface area contributed by atoms with Gasteiger partial charge in [-0.15, -0.1) is 0 Å². The fraction of sp³-hybridized carbons (Fsp3) is 0.821. The van der Waals surface area contributed by atoms with Crippen molar-refractivity contribution in [1.82, 2.24) is 4.98 Å². The zero-order chi connectivity index (χ0) is 31.7. The average Bonchev–Trinajstić information content (AvgIpc) is 3.25. The molecular formula is C39H67BrN2O2. The minimum Gasteiger partial charge on any atom is -0.289 e. The first-order chi connectivity index (χ1) is 21.6. The van der Waals surface area contributed by atoms with Gasteiger partial charge in [-0.1, -0.05) is 181 Å². The molecule has 0 spiro atoms. The lowest BCUT2D eigenvalue weighted by Gasteiger charge is -2.20. The number of Topliss-reactive ketones (excluding diaryl/α,β-unsaturated/α-hetero) is 1. The highest BCUT2D eigenvalue weighted by Crippen LogP contribution is 2.30. The van der Waals surface area contributed by atoms with Crippen LogP contribution in [0.15, 0.2) is 16.7 Å². The van der Waals surface area contributed by atoms with Crippen LogP contribution in [0.2, 0.25) is 0 Å². The monoisotopic (exact) mass is 674 g/mol. The Labute approximate surface area is 280 Å². The lowest BCUT2D eigenvalue weighted by atomic mass is 9.90. The van der Waals surface area contributed by atoms with Crippen LogP contribution in [0.3, 0.4) is 0 Å². The number of halogens is 1. The van der Waals surface area contributed by atoms with Crippen LogP contribution in [0.1, 0.15) is 204 Å². The van der Waals surface area contributed by atoms with Gasteiger partial charge in [0.15, 0.2) is 0 Å². The lowest BCUT2D eigenvalue weighted by molar-refractivity contribution is -0.114. The van der Waals surface area contributed by atoms with Crippen molar-refractivity contribution in [1.29, 1.82) is 0 Å². The summed E-state index contributed by atoms with van der Waals surface area (Å²) in [6, 6.07) is 3.46. The maximum Gasteiger partial charge on any atom is 0.300 e. The number of carbonyl (C=O) groups is 2. The first kappa shape index (κ1) is 39.0. The van der Waals surface area contributed by atoms with Crippen LogP contribution in [-0.2, 0) is 4.79 Å². The second kappa shape index (κ2) is 25.9. The number of anilines is 1. The third-order valence-corrected chi connectivity index (χ3v) is 10.1. The van der Waals surface area contributed by atoms with Gasteiger partial charge in [-0.25, -0.2) is 4.98 Å². The van der Waals surface area contributed by atoms with Gasteiger partial charge in [-0.05, 0) is 46.8 Å². The smallest absolute Gasteiger partial charge is 0.289 e. The molecular weight excluding hydrogens is 608 g/mol. The summed E-state index contributed by atoms with van der Waals surface area (Å²) in [5.74, 6) is 0.436. The Morgan fingerprint density at radius 3 is 1.39 bits per heavy atom. The number of hydrogen-bond acceptors (Lipinski definition) is 3. The molecule has 0 aromatic carbocycles. The molecule has 0 fully saturated rings. The molecule has 1 aromatic heterocycles. The maximum atomic E-state index is 12.7. The summed E-state index contributed by atoms with van der Waals surface area (Å²) in [4.78, 5) is 31.2. The number of nitrogens with zero attached hydrogens (tertiary/aromatic N) is 2. The molecule has 44 heavy (non-hydrogen) atoms. The number of pyridine rings is 1. The number of ketones is 1. The Bertz CT molecular complexity index is 861. The van der Waals surface area contributed by atoms with E-state index < -0.39 is 11.7 Å². The predicted molar refractivity (Wildman–Crippen MR) is 193 cm³/mol. The Morgan fingerprint density at radius 2 is 0.955 bits per heavy atom. The van der Waals surface area contributed by atoms with Gasteiger partial charge in [-0.3, -0.25) is 14.5 Å². The molecule has 0 saturated heterocycles. The van der Waals surface area contributed by atoms with Gasteiger partial charge in [0.2, 0.25) is 0 Å². The number of fused-ring (bicyclic) bond motifs is 1. The molecule has 0 N–H and O–H groups in total. The second-order valence-electron chi connectivity index (χ2n) is 13.7. The fourth-order valence-electron chi connectivity index (χ4n) is 6.87. The third kappa shape index (κ3) is 16.9. The van der Waals surface area contributed by atoms with Crippen molar-refractivity contribution < 1.29 is 9.59 Å². The van der Waals surface area contributed by atoms with E-state index >= 15 is 0 Å². The molecule has 0 radical (unpaired) electrons. The molecule has 0 bridgehead atoms. The summed E-state index contributed by atoms with van der Waals surface area (Å²) in [6.45, 7) is 5.17. The van der Waals surface area contributed by atoms with E-state index in [1.54, 1.807) is 17.0 Å². The van der Waals surface area contributed by atoms with E-state index in [1.165, 1.54) is 167 Å². The SMILES string of the molecule is CCCCCCCCCCCCCCC(CCCCCCCCCCCCCC)CCCN1C(=O)C(=O)c2ccc(Br)nc21. The molecule has 1 aliphatic rings. The van der Waals surface area contributed by atoms with Crippen molar-refractivity contribution >= 4 is 33.4 Å². The van der Waals surface area contributed by atoms with Crippen LogP contribution < -0.4 is 4.90 Å². The number of hydrogen-bond donors (Lipinski definition) is 0. The van der Waals surface area contributed by atoms with Crippen molar-refractivity contribution in [3.05, 3.63) is 22.3 Å². The first-order valence-corrected chi connectivity index (χ1v) is 19.9. The molecule has 2 rings (SSSR count). The van der Waals surface area contributed by atoms with Crippen LogP contribution in [-0.4, -0.2) is 23.2 Å². The normalized spacial score (nSPS) is 13.0. The minimum atomic E-state index is -0.413. The van der Waals surface area contributed by atoms with Crippen LogP contribution in [0.25, 0.3) is 0 Å². The van der Waals surface area contributed by atoms with E-state index in [4.69, 9.17) is 0 Å². The van der Waals surface area contributed by atoms with E-state index in [2.05, 4.69) is 34.8 Å². The van der Waals surface area contributed by atoms with E-state index in [0.717, 1.165) is 18.8 Å². The van der Waals surface area contributed by atoms with E-state index in [-0.39, 0.29) is 0 Å². The summed E-state index contributed by atoms with van der Waals surface area (Å²) in [5.41, 5.74) is 0.447. The molecule has 2 heterocycles. The summed E-state index contributed by atoms with van der Waals surface area (Å²) in [7, 11) is 0. The summed E-state index contributed by atoms with van der Waals surface area (Å²) in [6.07, 6.45) is 38.1. The van der Waals surface area contributed by atoms with Crippen molar-refractivity contribution in [2.75, 3.05) is 11.4 Å². The van der Waals surface area contributed by atoms with Crippen molar-refractivity contribution in [3.63, 3.8) is 0 Å². The first-order valence-electron chi connectivity index (χ1n) is 19.1. The molecule has 0 atom stereocenters. The number of amides is 1. The third-order valence-electron chi connectivity index (χ3n) is 9.71. The number of aromatic nitrogens is 1. The minimum absolute atomic E-state index is 0.412. The van der Waals surface area contributed by atoms with Crippen molar-refractivity contribution in [2.45, 2.75) is 194 Å². The van der Waals surface area contributed by atoms with E-state index in [9.17, 15) is 9.59 Å². The van der Waals surface area contributed by atoms with Gasteiger partial charge in [0.05, 0.1) is 5.56 Å². The average molecular weight is 676 g/mol. The van der Waals surface area contributed by atoms with Gasteiger partial charge in [-0.2, -0.15) is 0 Å². The van der Waals surface area contributed by atoms with Crippen molar-refractivity contribution in [3.8, 4) is 0 Å². The topological polar surface area (TPSA) is 50.3 Å². The Morgan fingerprint density at radius 1 is 0.568 bits per heavy atom. The molecule has 5 heteroatoms. The Hall–Kier alpha value is -1.23. The lowest BCUT2D eigenvalue weighted by Crippen LogP contribution is -2.31. The highest BCUT2D eigenvalue weighted by molar-refractivity contribution is 9.10. The van der Waals surface area contributed by atoms with Crippen molar-refractivity contribution in [2.24, 2.45) is 5.92 Å². The molecule has 1 aromatic rings. The number of rotatable bonds is 30. The standard InChI is InChI=1S/C39H67BrN2O2/c1-3-5-7-9-11-13-15-17-19-21-23-25-28-34(29-26-24-22-20-18-16-14-12-10-8-6-4-2)30-27-33-42-38-35(37(43)39(42)44)31-32-36(40)41-38/h31-32,34H,3-30,33H2,1-2H3. The van der Waals surface area contributed by atoms with Gasteiger partial charge in [0.25, 0.3) is 5.78 Å². The molecule has 0 aliphatic carbocycles. The number of unbranched alkanes of at least 4 members (excludes halogenated alkanes) is 22. The molecule has 1 amide bonds. The largest absolute Gasteiger partial charge is 0.300 e. The predicted octanol–water partition coefficient (Wildman–Crippen LogP) is 13.0. The molecule has 0 saturated carbocycles. The van der Waals surface area contributed by atoms with Gasteiger partial charge < -0.3 is 0 Å². The van der Waals surface area contributed by atoms with Gasteiger partial charge in [0, 0.05) is 6.54 Å². The summed E-state index contributed by atoms with van der Waals surface area (Å²) >= 11 is 3.40. The summed E-state index contributed by atoms with van der Waals surface area (Å²) < 4.78 is 0.667. The molecule has 1 aliphatic heterocycles. The fourth-order valence-corrected chi connectivity index (χ4v) is 7.17. The quantitative estimate of drug-likeness (QED) is 0.0463. The van der Waals surface area contributed by atoms with E-state index in [1.807, 2.05) is 0 Å². The highest BCUT2D eigenvalue weighted by atomic mass is 79.9. The zero-order valence-electron chi connectivity index (χ0n) is 28.8. The van der Waals surface area contributed by atoms with Gasteiger partial charge >= 0.3 is 5.91 Å². The van der Waals surface area contributed by atoms with Crippen LogP contribution in [0.4, 0.5) is 5.82 Å². The highest BCUT2D eigenvalue weighted by Gasteiger charge is 2.36. The van der Waals surface area contributed by atoms with Crippen LogP contribution >= 0.6 is 15.9 Å². The Kier molecular flexibility index (Phi) is 22.9. The van der Waals surface area contributed by atoms with E-state index in [0.29, 0.717) is 22.5 Å². The second-order valence-corrected chi connectivity index (χ2v) is 14.5. The Balaban J connectivity index is 1.65. The molecule has 252 valence electrons. The van der Waals surface area contributed by atoms with Crippen LogP contribution in [0, 0.1) is 5.92 Å². The van der Waals surface area contributed by atoms with Crippen LogP contribution in [0.5, 0.6) is 0 Å². The zero-order valence-corrected chi connectivity index (χ0v) is 30.4.